The minimum atomic E-state index is -0.405. The highest BCUT2D eigenvalue weighted by Gasteiger charge is 2.45. The summed E-state index contributed by atoms with van der Waals surface area (Å²) < 4.78 is 17.4. The largest absolute Gasteiger partial charge is 1.00 e. The van der Waals surface area contributed by atoms with E-state index in [0.717, 1.165) is 35.3 Å². The second-order valence-corrected chi connectivity index (χ2v) is 7.68. The number of carbonyl (C=O) groups excluding carboxylic acids is 1. The van der Waals surface area contributed by atoms with E-state index in [9.17, 15) is 4.79 Å². The summed E-state index contributed by atoms with van der Waals surface area (Å²) in [6.07, 6.45) is 0.851. The van der Waals surface area contributed by atoms with Crippen molar-refractivity contribution in [2.75, 3.05) is 39.9 Å². The highest BCUT2D eigenvalue weighted by atomic mass is 127. The highest BCUT2D eigenvalue weighted by Crippen LogP contribution is 2.50. The van der Waals surface area contributed by atoms with E-state index in [1.165, 1.54) is 0 Å². The number of ether oxygens (including phenoxy) is 3. The smallest absolute Gasteiger partial charge is 0.287 e. The molecule has 0 aromatic heterocycles. The fourth-order valence-corrected chi connectivity index (χ4v) is 4.04. The lowest BCUT2D eigenvalue weighted by atomic mass is 9.88. The van der Waals surface area contributed by atoms with Gasteiger partial charge in [-0.15, -0.1) is 0 Å². The molecule has 2 aromatic rings. The third-order valence-corrected chi connectivity index (χ3v) is 5.53. The molecule has 2 aromatic carbocycles. The number of fused-ring (bicyclic) bond motifs is 2. The zero-order chi connectivity index (χ0) is 19.2. The molecule has 1 atom stereocenters. The summed E-state index contributed by atoms with van der Waals surface area (Å²) in [6, 6.07) is 9.39. The summed E-state index contributed by atoms with van der Waals surface area (Å²) in [5.74, 6) is 1.84. The maximum absolute atomic E-state index is 13.4. The number of methoxy groups -OCH3 is 1. The highest BCUT2D eigenvalue weighted by molar-refractivity contribution is 5.96. The Kier molecular flexibility index (Phi) is 5.77. The van der Waals surface area contributed by atoms with Gasteiger partial charge in [0.2, 0.25) is 12.5 Å². The summed E-state index contributed by atoms with van der Waals surface area (Å²) in [6.45, 7) is 3.01. The van der Waals surface area contributed by atoms with Crippen LogP contribution in [0.25, 0.3) is 0 Å². The molecule has 1 amide bonds. The van der Waals surface area contributed by atoms with Crippen LogP contribution in [0.3, 0.4) is 0 Å². The zero-order valence-corrected chi connectivity index (χ0v) is 18.7. The van der Waals surface area contributed by atoms with Crippen molar-refractivity contribution in [2.24, 2.45) is 0 Å². The van der Waals surface area contributed by atoms with Gasteiger partial charge in [0.25, 0.3) is 5.91 Å². The predicted octanol–water partition coefficient (Wildman–Crippen LogP) is 0.0486. The molecule has 4 rings (SSSR count). The van der Waals surface area contributed by atoms with E-state index >= 15 is 0 Å². The molecule has 0 bridgehead atoms. The van der Waals surface area contributed by atoms with Crippen LogP contribution in [0, 0.1) is 6.92 Å². The number of nitrogens with zero attached hydrogens (tertiary/aromatic N) is 1. The summed E-state index contributed by atoms with van der Waals surface area (Å²) in [4.78, 5) is 13.4. The Hall–Kier alpha value is -2.00. The lowest BCUT2D eigenvalue weighted by Gasteiger charge is -2.42. The third kappa shape index (κ3) is 3.41. The summed E-state index contributed by atoms with van der Waals surface area (Å²) in [5.41, 5.74) is 3.83. The van der Waals surface area contributed by atoms with Crippen molar-refractivity contribution in [1.29, 1.82) is 0 Å². The quantitative estimate of drug-likeness (QED) is 0.482. The van der Waals surface area contributed by atoms with Crippen LogP contribution in [-0.4, -0.2) is 44.9 Å². The topological polar surface area (TPSA) is 56.8 Å². The van der Waals surface area contributed by atoms with Crippen LogP contribution in [-0.2, 0) is 11.2 Å². The number of amides is 1. The van der Waals surface area contributed by atoms with E-state index in [2.05, 4.69) is 19.4 Å². The summed E-state index contributed by atoms with van der Waals surface area (Å²) in [7, 11) is 5.77. The van der Waals surface area contributed by atoms with E-state index in [1.54, 1.807) is 7.11 Å². The van der Waals surface area contributed by atoms with E-state index < -0.39 is 6.04 Å². The molecule has 28 heavy (non-hydrogen) atoms. The van der Waals surface area contributed by atoms with E-state index in [0.29, 0.717) is 21.7 Å². The number of nitrogens with one attached hydrogen (secondary N) is 1. The molecular formula is C21H25IN2O4. The summed E-state index contributed by atoms with van der Waals surface area (Å²) in [5, 5.41) is 3.11. The maximum Gasteiger partial charge on any atom is 0.287 e. The van der Waals surface area contributed by atoms with Gasteiger partial charge in [-0.3, -0.25) is 4.79 Å². The molecule has 0 radical (unpaired) electrons. The zero-order valence-electron chi connectivity index (χ0n) is 16.5. The number of rotatable bonds is 3. The Labute approximate surface area is 182 Å². The van der Waals surface area contributed by atoms with Crippen LogP contribution in [0.1, 0.15) is 22.7 Å². The molecule has 2 aliphatic heterocycles. The lowest BCUT2D eigenvalue weighted by Crippen LogP contribution is -3.00. The fraction of sp³-hybridized carbons (Fsp3) is 0.381. The van der Waals surface area contributed by atoms with Crippen molar-refractivity contribution in [3.05, 3.63) is 47.0 Å². The van der Waals surface area contributed by atoms with Crippen molar-refractivity contribution >= 4 is 11.6 Å². The van der Waals surface area contributed by atoms with Gasteiger partial charge in [0, 0.05) is 12.1 Å². The molecule has 0 spiro atoms. The molecule has 150 valence electrons. The van der Waals surface area contributed by atoms with Gasteiger partial charge in [-0.1, -0.05) is 18.2 Å². The van der Waals surface area contributed by atoms with Crippen molar-refractivity contribution < 1.29 is 47.5 Å². The van der Waals surface area contributed by atoms with E-state index in [1.807, 2.05) is 37.3 Å². The first-order chi connectivity index (χ1) is 12.9. The normalized spacial score (nSPS) is 18.6. The number of halogens is 1. The minimum Gasteiger partial charge on any atom is -1.00 e. The van der Waals surface area contributed by atoms with Crippen LogP contribution in [0.15, 0.2) is 30.3 Å². The third-order valence-electron chi connectivity index (χ3n) is 5.53. The first-order valence-corrected chi connectivity index (χ1v) is 9.11. The van der Waals surface area contributed by atoms with Gasteiger partial charge in [-0.05, 0) is 30.2 Å². The number of likely N-dealkylation sites (N-methyl/N-ethyl adjacent to an activating group) is 1. The lowest BCUT2D eigenvalue weighted by molar-refractivity contribution is -0.913. The predicted molar refractivity (Wildman–Crippen MR) is 102 cm³/mol. The van der Waals surface area contributed by atoms with Crippen LogP contribution < -0.4 is 43.5 Å². The van der Waals surface area contributed by atoms with Crippen molar-refractivity contribution in [1.82, 2.24) is 0 Å². The van der Waals surface area contributed by atoms with Gasteiger partial charge >= 0.3 is 0 Å². The molecule has 1 N–H and O–H groups in total. The fourth-order valence-electron chi connectivity index (χ4n) is 4.04. The molecule has 7 heteroatoms. The number of anilines is 1. The van der Waals surface area contributed by atoms with Gasteiger partial charge in [0.1, 0.15) is 0 Å². The molecular weight excluding hydrogens is 471 g/mol. The van der Waals surface area contributed by atoms with Crippen LogP contribution >= 0.6 is 0 Å². The molecule has 0 saturated carbocycles. The number of hydrogen-bond donors (Lipinski definition) is 1. The first-order valence-electron chi connectivity index (χ1n) is 9.11. The SMILES string of the molecule is COc1c2c(cc3c1C(C(=O)Nc1ccccc1C)[N+](C)(C)CC3)OCO2.[I-]. The second-order valence-electron chi connectivity index (χ2n) is 7.68. The number of aryl methyl sites for hydroxylation is 1. The number of carbonyl (C=O) groups is 1. The molecule has 2 heterocycles. The van der Waals surface area contributed by atoms with E-state index in [4.69, 9.17) is 14.2 Å². The number of hydrogen-bond acceptors (Lipinski definition) is 4. The molecule has 1 unspecified atom stereocenters. The maximum atomic E-state index is 13.4. The number of para-hydroxylation sites is 1. The van der Waals surface area contributed by atoms with E-state index in [-0.39, 0.29) is 36.7 Å². The van der Waals surface area contributed by atoms with Crippen LogP contribution in [0.4, 0.5) is 5.69 Å². The van der Waals surface area contributed by atoms with Crippen molar-refractivity contribution in [3.63, 3.8) is 0 Å². The standard InChI is InChI=1S/C21H24N2O4.HI/c1-13-7-5-6-8-15(13)22-21(24)18-17-14(9-10-23(18,2)3)11-16-19(20(17)25-4)27-12-26-16;/h5-8,11,18H,9-10,12H2,1-4H3;1H. The first kappa shape index (κ1) is 20.7. The average molecular weight is 496 g/mol. The molecule has 2 aliphatic rings. The monoisotopic (exact) mass is 496 g/mol. The Bertz CT molecular complexity index is 914. The molecule has 0 fully saturated rings. The molecule has 6 nitrogen and oxygen atoms in total. The van der Waals surface area contributed by atoms with Gasteiger partial charge in [-0.2, -0.15) is 0 Å². The second kappa shape index (κ2) is 7.79. The van der Waals surface area contributed by atoms with Gasteiger partial charge in [0.05, 0.1) is 33.3 Å². The molecule has 0 saturated heterocycles. The number of benzene rings is 2. The minimum absolute atomic E-state index is 0. The Morgan fingerprint density at radius 3 is 2.71 bits per heavy atom. The Morgan fingerprint density at radius 2 is 2.00 bits per heavy atom. The summed E-state index contributed by atoms with van der Waals surface area (Å²) >= 11 is 0. The van der Waals surface area contributed by atoms with Gasteiger partial charge < -0.3 is 48.0 Å². The van der Waals surface area contributed by atoms with Gasteiger partial charge in [-0.25, -0.2) is 0 Å². The molecule has 0 aliphatic carbocycles. The van der Waals surface area contributed by atoms with Crippen molar-refractivity contribution in [3.8, 4) is 17.2 Å². The van der Waals surface area contributed by atoms with Crippen molar-refractivity contribution in [2.45, 2.75) is 19.4 Å². The number of quaternary nitrogens is 1. The Balaban J connectivity index is 0.00000225. The van der Waals surface area contributed by atoms with Crippen LogP contribution in [0.2, 0.25) is 0 Å². The average Bonchev–Trinajstić information content (AvgIpc) is 3.09. The van der Waals surface area contributed by atoms with Gasteiger partial charge in [0.15, 0.2) is 17.5 Å². The van der Waals surface area contributed by atoms with Crippen LogP contribution in [0.5, 0.6) is 17.2 Å². The Morgan fingerprint density at radius 1 is 1.25 bits per heavy atom.